The van der Waals surface area contributed by atoms with Gasteiger partial charge >= 0.3 is 0 Å². The van der Waals surface area contributed by atoms with Crippen LogP contribution in [0, 0.1) is 11.8 Å². The fraction of sp³-hybridized carbons (Fsp3) is 0.200. The average Bonchev–Trinajstić information content (AvgIpc) is 2.16. The number of methoxy groups -OCH3 is 1. The maximum Gasteiger partial charge on any atom is 0.121 e. The molecule has 0 saturated heterocycles. The summed E-state index contributed by atoms with van der Waals surface area (Å²) in [6.07, 6.45) is 0. The van der Waals surface area contributed by atoms with E-state index in [9.17, 15) is 0 Å². The van der Waals surface area contributed by atoms with E-state index in [1.54, 1.807) is 25.3 Å². The molecule has 3 heteroatoms. The van der Waals surface area contributed by atoms with E-state index < -0.39 is 0 Å². The summed E-state index contributed by atoms with van der Waals surface area (Å²) < 4.78 is 4.98. The normalized spacial score (nSPS) is 8.77. The van der Waals surface area contributed by atoms with Gasteiger partial charge in [0.05, 0.1) is 12.8 Å². The van der Waals surface area contributed by atoms with E-state index in [4.69, 9.17) is 15.6 Å². The molecule has 0 amide bonds. The minimum Gasteiger partial charge on any atom is -0.497 e. The molecular weight excluding hydrogens is 166 g/mol. The highest BCUT2D eigenvalue weighted by atomic mass is 16.5. The van der Waals surface area contributed by atoms with Crippen molar-refractivity contribution >= 4 is 5.69 Å². The van der Waals surface area contributed by atoms with Crippen LogP contribution in [0.4, 0.5) is 5.69 Å². The average molecular weight is 177 g/mol. The predicted octanol–water partition coefficient (Wildman–Crippen LogP) is 0.621. The van der Waals surface area contributed by atoms with Crippen LogP contribution < -0.4 is 10.5 Å². The standard InChI is InChI=1S/C10H11NO2/c1-13-9-5-4-8(3-2-6-12)10(11)7-9/h4-5,7,12H,6,11H2,1H3. The Bertz CT molecular complexity index is 350. The highest BCUT2D eigenvalue weighted by Crippen LogP contribution is 2.18. The van der Waals surface area contributed by atoms with E-state index in [1.165, 1.54) is 0 Å². The molecule has 0 aliphatic carbocycles. The molecule has 0 spiro atoms. The molecule has 0 aliphatic rings. The molecule has 3 nitrogen and oxygen atoms in total. The number of ether oxygens (including phenoxy) is 1. The molecule has 0 radical (unpaired) electrons. The molecule has 0 aliphatic heterocycles. The Hall–Kier alpha value is -1.66. The largest absolute Gasteiger partial charge is 0.497 e. The highest BCUT2D eigenvalue weighted by Gasteiger charge is 1.96. The summed E-state index contributed by atoms with van der Waals surface area (Å²) in [4.78, 5) is 0. The number of benzene rings is 1. The van der Waals surface area contributed by atoms with Crippen LogP contribution >= 0.6 is 0 Å². The summed E-state index contributed by atoms with van der Waals surface area (Å²) in [5.74, 6) is 5.96. The zero-order valence-corrected chi connectivity index (χ0v) is 7.37. The molecule has 1 aromatic carbocycles. The van der Waals surface area contributed by atoms with Gasteiger partial charge in [0.15, 0.2) is 0 Å². The zero-order chi connectivity index (χ0) is 9.68. The first kappa shape index (κ1) is 9.43. The summed E-state index contributed by atoms with van der Waals surface area (Å²) in [5.41, 5.74) is 6.93. The third-order valence-electron chi connectivity index (χ3n) is 1.56. The van der Waals surface area contributed by atoms with Gasteiger partial charge in [0, 0.05) is 11.6 Å². The molecule has 13 heavy (non-hydrogen) atoms. The maximum atomic E-state index is 8.48. The van der Waals surface area contributed by atoms with Gasteiger partial charge in [-0.15, -0.1) is 0 Å². The van der Waals surface area contributed by atoms with Gasteiger partial charge in [0.1, 0.15) is 12.4 Å². The number of aliphatic hydroxyl groups is 1. The predicted molar refractivity (Wildman–Crippen MR) is 51.4 cm³/mol. The van der Waals surface area contributed by atoms with Gasteiger partial charge in [-0.1, -0.05) is 11.8 Å². The number of nitrogens with two attached hydrogens (primary N) is 1. The smallest absolute Gasteiger partial charge is 0.121 e. The summed E-state index contributed by atoms with van der Waals surface area (Å²) in [6.45, 7) is -0.161. The second kappa shape index (κ2) is 4.39. The van der Waals surface area contributed by atoms with Crippen LogP contribution in [-0.4, -0.2) is 18.8 Å². The molecule has 0 unspecified atom stereocenters. The van der Waals surface area contributed by atoms with Gasteiger partial charge in [-0.2, -0.15) is 0 Å². The molecule has 68 valence electrons. The van der Waals surface area contributed by atoms with Crippen molar-refractivity contribution in [3.63, 3.8) is 0 Å². The Morgan fingerprint density at radius 3 is 2.85 bits per heavy atom. The summed E-state index contributed by atoms with van der Waals surface area (Å²) in [7, 11) is 1.58. The summed E-state index contributed by atoms with van der Waals surface area (Å²) in [6, 6.07) is 5.23. The minimum absolute atomic E-state index is 0.161. The van der Waals surface area contributed by atoms with E-state index in [1.807, 2.05) is 0 Å². The number of hydrogen-bond acceptors (Lipinski definition) is 3. The Morgan fingerprint density at radius 1 is 1.54 bits per heavy atom. The number of anilines is 1. The van der Waals surface area contributed by atoms with Crippen LogP contribution in [0.5, 0.6) is 5.75 Å². The van der Waals surface area contributed by atoms with Crippen LogP contribution in [0.25, 0.3) is 0 Å². The quantitative estimate of drug-likeness (QED) is 0.488. The molecule has 0 heterocycles. The number of aliphatic hydroxyl groups excluding tert-OH is 1. The number of hydrogen-bond donors (Lipinski definition) is 2. The Balaban J connectivity index is 2.98. The first-order valence-corrected chi connectivity index (χ1v) is 3.81. The molecule has 0 bridgehead atoms. The second-order valence-electron chi connectivity index (χ2n) is 2.41. The maximum absolute atomic E-state index is 8.48. The van der Waals surface area contributed by atoms with Crippen LogP contribution in [-0.2, 0) is 0 Å². The van der Waals surface area contributed by atoms with Gasteiger partial charge in [-0.25, -0.2) is 0 Å². The van der Waals surface area contributed by atoms with Gasteiger partial charge in [0.25, 0.3) is 0 Å². The molecule has 0 atom stereocenters. The molecule has 0 aromatic heterocycles. The SMILES string of the molecule is COc1ccc(C#CCO)c(N)c1. The molecule has 3 N–H and O–H groups in total. The van der Waals surface area contributed by atoms with Crippen LogP contribution in [0.2, 0.25) is 0 Å². The minimum atomic E-state index is -0.161. The van der Waals surface area contributed by atoms with E-state index in [0.717, 1.165) is 0 Å². The van der Waals surface area contributed by atoms with Crippen molar-refractivity contribution in [1.29, 1.82) is 0 Å². The molecule has 0 fully saturated rings. The van der Waals surface area contributed by atoms with Gasteiger partial charge in [0.2, 0.25) is 0 Å². The van der Waals surface area contributed by atoms with Gasteiger partial charge < -0.3 is 15.6 Å². The first-order valence-electron chi connectivity index (χ1n) is 3.81. The van der Waals surface area contributed by atoms with Crippen molar-refractivity contribution in [3.05, 3.63) is 23.8 Å². The van der Waals surface area contributed by atoms with Crippen molar-refractivity contribution in [2.24, 2.45) is 0 Å². The lowest BCUT2D eigenvalue weighted by molar-refractivity contribution is 0.350. The van der Waals surface area contributed by atoms with Crippen molar-refractivity contribution in [2.75, 3.05) is 19.5 Å². The van der Waals surface area contributed by atoms with Crippen LogP contribution in [0.1, 0.15) is 5.56 Å². The number of nitrogen functional groups attached to an aromatic ring is 1. The van der Waals surface area contributed by atoms with Crippen molar-refractivity contribution < 1.29 is 9.84 Å². The first-order chi connectivity index (χ1) is 6.27. The van der Waals surface area contributed by atoms with E-state index in [2.05, 4.69) is 11.8 Å². The molecule has 1 rings (SSSR count). The molecular formula is C10H11NO2. The fourth-order valence-electron chi connectivity index (χ4n) is 0.916. The Kier molecular flexibility index (Phi) is 3.18. The monoisotopic (exact) mass is 177 g/mol. The summed E-state index contributed by atoms with van der Waals surface area (Å²) in [5, 5.41) is 8.48. The van der Waals surface area contributed by atoms with E-state index >= 15 is 0 Å². The lowest BCUT2D eigenvalue weighted by atomic mass is 10.2. The lowest BCUT2D eigenvalue weighted by Gasteiger charge is -2.02. The Labute approximate surface area is 77.1 Å². The van der Waals surface area contributed by atoms with Crippen LogP contribution in [0.3, 0.4) is 0 Å². The van der Waals surface area contributed by atoms with Crippen molar-refractivity contribution in [3.8, 4) is 17.6 Å². The van der Waals surface area contributed by atoms with Gasteiger partial charge in [-0.05, 0) is 12.1 Å². The third kappa shape index (κ3) is 2.39. The van der Waals surface area contributed by atoms with Gasteiger partial charge in [-0.3, -0.25) is 0 Å². The molecule has 1 aromatic rings. The second-order valence-corrected chi connectivity index (χ2v) is 2.41. The van der Waals surface area contributed by atoms with E-state index in [0.29, 0.717) is 17.0 Å². The topological polar surface area (TPSA) is 55.5 Å². The lowest BCUT2D eigenvalue weighted by Crippen LogP contribution is -1.92. The fourth-order valence-corrected chi connectivity index (χ4v) is 0.916. The summed E-state index contributed by atoms with van der Waals surface area (Å²) >= 11 is 0. The molecule has 0 saturated carbocycles. The van der Waals surface area contributed by atoms with E-state index in [-0.39, 0.29) is 6.61 Å². The zero-order valence-electron chi connectivity index (χ0n) is 7.37. The van der Waals surface area contributed by atoms with Crippen molar-refractivity contribution in [1.82, 2.24) is 0 Å². The third-order valence-corrected chi connectivity index (χ3v) is 1.56. The highest BCUT2D eigenvalue weighted by molar-refractivity contribution is 5.58. The van der Waals surface area contributed by atoms with Crippen molar-refractivity contribution in [2.45, 2.75) is 0 Å². The Morgan fingerprint density at radius 2 is 2.31 bits per heavy atom. The number of rotatable bonds is 1. The van der Waals surface area contributed by atoms with Crippen LogP contribution in [0.15, 0.2) is 18.2 Å².